The van der Waals surface area contributed by atoms with Crippen molar-refractivity contribution in [3.63, 3.8) is 0 Å². The van der Waals surface area contributed by atoms with Crippen LogP contribution in [0.4, 0.5) is 4.39 Å². The molecule has 1 aromatic heterocycles. The molecule has 1 heterocycles. The topological polar surface area (TPSA) is 60.2 Å². The number of ether oxygens (including phenoxy) is 1. The Morgan fingerprint density at radius 2 is 2.20 bits per heavy atom. The number of aryl methyl sites for hydroxylation is 1. The van der Waals surface area contributed by atoms with Crippen LogP contribution >= 0.6 is 0 Å². The van der Waals surface area contributed by atoms with E-state index in [1.807, 2.05) is 19.1 Å². The second kappa shape index (κ2) is 6.45. The minimum Gasteiger partial charge on any atom is -0.494 e. The highest BCUT2D eigenvalue weighted by molar-refractivity contribution is 5.32. The molecular weight excluding hydrogens is 257 g/mol. The lowest BCUT2D eigenvalue weighted by atomic mass is 9.97. The van der Waals surface area contributed by atoms with E-state index in [1.54, 1.807) is 18.5 Å². The number of methoxy groups -OCH3 is 1. The molecule has 2 aromatic rings. The van der Waals surface area contributed by atoms with Crippen LogP contribution in [0.5, 0.6) is 5.75 Å². The van der Waals surface area contributed by atoms with Gasteiger partial charge in [0.25, 0.3) is 0 Å². The number of nitrogens with zero attached hydrogens (tertiary/aromatic N) is 1. The molecule has 0 saturated heterocycles. The summed E-state index contributed by atoms with van der Waals surface area (Å²) < 4.78 is 18.6. The molecule has 0 bridgehead atoms. The maximum absolute atomic E-state index is 13.7. The Hall–Kier alpha value is -1.98. The third kappa shape index (κ3) is 3.12. The van der Waals surface area contributed by atoms with Gasteiger partial charge in [-0.2, -0.15) is 0 Å². The summed E-state index contributed by atoms with van der Waals surface area (Å²) in [5.74, 6) is 5.49. The summed E-state index contributed by atoms with van der Waals surface area (Å²) in [6, 6.07) is 6.73. The van der Waals surface area contributed by atoms with Gasteiger partial charge in [-0.1, -0.05) is 6.07 Å². The molecule has 1 aromatic carbocycles. The van der Waals surface area contributed by atoms with Gasteiger partial charge in [0.15, 0.2) is 11.6 Å². The van der Waals surface area contributed by atoms with E-state index in [0.29, 0.717) is 6.42 Å². The monoisotopic (exact) mass is 275 g/mol. The first-order valence-electron chi connectivity index (χ1n) is 6.34. The van der Waals surface area contributed by atoms with Gasteiger partial charge in [0.05, 0.1) is 13.2 Å². The highest BCUT2D eigenvalue weighted by Crippen LogP contribution is 2.23. The number of rotatable bonds is 5. The van der Waals surface area contributed by atoms with Gasteiger partial charge in [-0.15, -0.1) is 0 Å². The SMILES string of the molecule is COc1ccc(CC(NN)c2cnccc2C)cc1F. The van der Waals surface area contributed by atoms with Crippen LogP contribution in [0.2, 0.25) is 0 Å². The van der Waals surface area contributed by atoms with Crippen molar-refractivity contribution < 1.29 is 9.13 Å². The molecule has 1 unspecified atom stereocenters. The van der Waals surface area contributed by atoms with Gasteiger partial charge >= 0.3 is 0 Å². The smallest absolute Gasteiger partial charge is 0.165 e. The van der Waals surface area contributed by atoms with Crippen LogP contribution in [-0.2, 0) is 6.42 Å². The van der Waals surface area contributed by atoms with E-state index in [1.165, 1.54) is 13.2 Å². The van der Waals surface area contributed by atoms with E-state index in [-0.39, 0.29) is 17.6 Å². The van der Waals surface area contributed by atoms with Gasteiger partial charge in [-0.25, -0.2) is 4.39 Å². The van der Waals surface area contributed by atoms with E-state index >= 15 is 0 Å². The fourth-order valence-electron chi connectivity index (χ4n) is 2.17. The zero-order valence-electron chi connectivity index (χ0n) is 11.6. The maximum Gasteiger partial charge on any atom is 0.165 e. The Kier molecular flexibility index (Phi) is 4.65. The van der Waals surface area contributed by atoms with E-state index in [2.05, 4.69) is 10.4 Å². The highest BCUT2D eigenvalue weighted by atomic mass is 19.1. The Morgan fingerprint density at radius 1 is 1.40 bits per heavy atom. The molecule has 0 aliphatic carbocycles. The predicted molar refractivity (Wildman–Crippen MR) is 75.7 cm³/mol. The van der Waals surface area contributed by atoms with Gasteiger partial charge in [0.2, 0.25) is 0 Å². The van der Waals surface area contributed by atoms with Crippen LogP contribution in [0.25, 0.3) is 0 Å². The summed E-state index contributed by atoms with van der Waals surface area (Å²) in [4.78, 5) is 4.11. The fourth-order valence-corrected chi connectivity index (χ4v) is 2.17. The van der Waals surface area contributed by atoms with Crippen LogP contribution in [0.1, 0.15) is 22.7 Å². The van der Waals surface area contributed by atoms with Gasteiger partial charge in [-0.3, -0.25) is 16.3 Å². The van der Waals surface area contributed by atoms with Crippen molar-refractivity contribution in [2.75, 3.05) is 7.11 Å². The summed E-state index contributed by atoms with van der Waals surface area (Å²) in [6.45, 7) is 2.00. The molecule has 0 aliphatic rings. The fraction of sp³-hybridized carbons (Fsp3) is 0.267. The standard InChI is InChI=1S/C15H18FN3O/c1-10-5-6-18-9-12(10)14(19-17)8-11-3-4-15(20-2)13(16)7-11/h3-7,9,14,19H,8,17H2,1-2H3. The van der Waals surface area contributed by atoms with Crippen molar-refractivity contribution in [2.24, 2.45) is 5.84 Å². The quantitative estimate of drug-likeness (QED) is 0.649. The second-order valence-corrected chi connectivity index (χ2v) is 4.62. The minimum absolute atomic E-state index is 0.114. The number of hydrogen-bond donors (Lipinski definition) is 2. The average molecular weight is 275 g/mol. The summed E-state index contributed by atoms with van der Waals surface area (Å²) >= 11 is 0. The lowest BCUT2D eigenvalue weighted by Gasteiger charge is -2.18. The van der Waals surface area contributed by atoms with Gasteiger partial charge in [0, 0.05) is 12.4 Å². The molecule has 5 heteroatoms. The molecule has 3 N–H and O–H groups in total. The number of pyridine rings is 1. The van der Waals surface area contributed by atoms with E-state index in [4.69, 9.17) is 10.6 Å². The Bertz CT molecular complexity index is 589. The molecule has 0 saturated carbocycles. The molecule has 0 aliphatic heterocycles. The number of hydrogen-bond acceptors (Lipinski definition) is 4. The van der Waals surface area contributed by atoms with Crippen molar-refractivity contribution in [1.29, 1.82) is 0 Å². The van der Waals surface area contributed by atoms with Gasteiger partial charge in [0.1, 0.15) is 0 Å². The zero-order valence-corrected chi connectivity index (χ0v) is 11.6. The van der Waals surface area contributed by atoms with Crippen molar-refractivity contribution in [1.82, 2.24) is 10.4 Å². The van der Waals surface area contributed by atoms with Crippen molar-refractivity contribution >= 4 is 0 Å². The summed E-state index contributed by atoms with van der Waals surface area (Å²) in [7, 11) is 1.45. The third-order valence-corrected chi connectivity index (χ3v) is 3.31. The number of halogens is 1. The van der Waals surface area contributed by atoms with Crippen molar-refractivity contribution in [3.05, 3.63) is 59.2 Å². The zero-order chi connectivity index (χ0) is 14.5. The molecule has 0 amide bonds. The summed E-state index contributed by atoms with van der Waals surface area (Å²) in [5, 5.41) is 0. The number of hydrazine groups is 1. The van der Waals surface area contributed by atoms with Crippen LogP contribution < -0.4 is 16.0 Å². The second-order valence-electron chi connectivity index (χ2n) is 4.62. The molecule has 2 rings (SSSR count). The molecule has 1 atom stereocenters. The van der Waals surface area contributed by atoms with Crippen LogP contribution in [0, 0.1) is 12.7 Å². The molecule has 106 valence electrons. The Labute approximate surface area is 117 Å². The lowest BCUT2D eigenvalue weighted by Crippen LogP contribution is -2.30. The van der Waals surface area contributed by atoms with Gasteiger partial charge < -0.3 is 4.74 Å². The lowest BCUT2D eigenvalue weighted by molar-refractivity contribution is 0.386. The third-order valence-electron chi connectivity index (χ3n) is 3.31. The predicted octanol–water partition coefficient (Wildman–Crippen LogP) is 2.28. The van der Waals surface area contributed by atoms with E-state index < -0.39 is 0 Å². The van der Waals surface area contributed by atoms with E-state index in [0.717, 1.165) is 16.7 Å². The van der Waals surface area contributed by atoms with Crippen LogP contribution in [0.3, 0.4) is 0 Å². The number of nitrogens with two attached hydrogens (primary N) is 1. The molecule has 0 radical (unpaired) electrons. The number of nitrogens with one attached hydrogen (secondary N) is 1. The Morgan fingerprint density at radius 3 is 2.80 bits per heavy atom. The number of benzene rings is 1. The van der Waals surface area contributed by atoms with Crippen LogP contribution in [0.15, 0.2) is 36.7 Å². The molecule has 20 heavy (non-hydrogen) atoms. The molecule has 0 fully saturated rings. The molecule has 0 spiro atoms. The highest BCUT2D eigenvalue weighted by Gasteiger charge is 2.14. The van der Waals surface area contributed by atoms with Gasteiger partial charge in [-0.05, 0) is 48.2 Å². The first-order chi connectivity index (χ1) is 9.65. The van der Waals surface area contributed by atoms with E-state index in [9.17, 15) is 4.39 Å². The normalized spacial score (nSPS) is 12.2. The van der Waals surface area contributed by atoms with Crippen molar-refractivity contribution in [3.8, 4) is 5.75 Å². The summed E-state index contributed by atoms with van der Waals surface area (Å²) in [5.41, 5.74) is 5.70. The maximum atomic E-state index is 13.7. The number of aromatic nitrogens is 1. The molecule has 4 nitrogen and oxygen atoms in total. The van der Waals surface area contributed by atoms with Crippen molar-refractivity contribution in [2.45, 2.75) is 19.4 Å². The van der Waals surface area contributed by atoms with Crippen LogP contribution in [-0.4, -0.2) is 12.1 Å². The first kappa shape index (κ1) is 14.4. The largest absolute Gasteiger partial charge is 0.494 e. The summed E-state index contributed by atoms with van der Waals surface area (Å²) in [6.07, 6.45) is 4.09. The minimum atomic E-state index is -0.372. The first-order valence-corrected chi connectivity index (χ1v) is 6.34. The average Bonchev–Trinajstić information content (AvgIpc) is 2.46. The Balaban J connectivity index is 2.23. The molecular formula is C15H18FN3O.